The number of hydrogen-bond donors (Lipinski definition) is 2. The maximum absolute atomic E-state index is 12.6. The fraction of sp³-hybridized carbons (Fsp3) is 0.593. The van der Waals surface area contributed by atoms with Crippen molar-refractivity contribution in [3.05, 3.63) is 29.8 Å². The molecule has 1 fully saturated rings. The number of piperidine rings is 1. The quantitative estimate of drug-likeness (QED) is 0.402. The van der Waals surface area contributed by atoms with Crippen molar-refractivity contribution < 1.29 is 4.79 Å². The van der Waals surface area contributed by atoms with Gasteiger partial charge in [-0.2, -0.15) is 4.52 Å². The van der Waals surface area contributed by atoms with Gasteiger partial charge in [-0.15, -0.1) is 5.10 Å². The van der Waals surface area contributed by atoms with Crippen LogP contribution >= 0.6 is 11.3 Å². The van der Waals surface area contributed by atoms with E-state index in [-0.39, 0.29) is 18.0 Å². The summed E-state index contributed by atoms with van der Waals surface area (Å²) in [5.41, 5.74) is 3.00. The normalized spacial score (nSPS) is 16.9. The van der Waals surface area contributed by atoms with Crippen LogP contribution in [0.2, 0.25) is 0 Å². The largest absolute Gasteiger partial charge is 0.364 e. The molecule has 36 heavy (non-hydrogen) atoms. The molecule has 0 bridgehead atoms. The first-order valence-electron chi connectivity index (χ1n) is 13.1. The predicted molar refractivity (Wildman–Crippen MR) is 150 cm³/mol. The van der Waals surface area contributed by atoms with E-state index in [9.17, 15) is 4.79 Å². The second-order valence-corrected chi connectivity index (χ2v) is 12.0. The average molecular weight is 512 g/mol. The topological polar surface area (TPSA) is 77.8 Å². The van der Waals surface area contributed by atoms with Gasteiger partial charge >= 0.3 is 0 Å². The Morgan fingerprint density at radius 2 is 1.97 bits per heavy atom. The minimum absolute atomic E-state index is 0.0189. The summed E-state index contributed by atoms with van der Waals surface area (Å²) in [4.78, 5) is 22.7. The molecule has 3 aromatic rings. The van der Waals surface area contributed by atoms with Gasteiger partial charge in [-0.1, -0.05) is 47.6 Å². The minimum Gasteiger partial charge on any atom is -0.364 e. The maximum Gasteiger partial charge on any atom is 0.239 e. The zero-order valence-corrected chi connectivity index (χ0v) is 23.4. The second-order valence-electron chi connectivity index (χ2n) is 11.1. The number of likely N-dealkylation sites (tertiary alicyclic amines) is 1. The van der Waals surface area contributed by atoms with Gasteiger partial charge in [-0.05, 0) is 60.4 Å². The number of aryl methyl sites for hydroxylation is 1. The molecule has 2 aromatic heterocycles. The van der Waals surface area contributed by atoms with E-state index in [0.29, 0.717) is 12.6 Å². The van der Waals surface area contributed by atoms with Crippen LogP contribution in [0.3, 0.4) is 0 Å². The minimum atomic E-state index is -0.156. The average Bonchev–Trinajstić information content (AvgIpc) is 3.37. The Balaban J connectivity index is 1.40. The number of carbonyl (C=O) groups excluding carboxylic acids is 1. The Morgan fingerprint density at radius 1 is 1.22 bits per heavy atom. The third kappa shape index (κ3) is 6.56. The van der Waals surface area contributed by atoms with Crippen molar-refractivity contribution in [3.8, 4) is 11.3 Å². The number of amides is 1. The SMILES string of the molecule is Cc1ccc(-c2nc3sc(N(C)CC(=O)NCCCN4CCCC[C@H]4C)nn3c2NC(C)(C)C)cc1. The van der Waals surface area contributed by atoms with Gasteiger partial charge in [0.25, 0.3) is 0 Å². The first-order chi connectivity index (χ1) is 17.1. The number of carbonyl (C=O) groups is 1. The molecule has 4 rings (SSSR count). The molecule has 3 heterocycles. The monoisotopic (exact) mass is 511 g/mol. The molecule has 0 aliphatic carbocycles. The molecule has 9 heteroatoms. The lowest BCUT2D eigenvalue weighted by Crippen LogP contribution is -2.40. The van der Waals surface area contributed by atoms with Crippen LogP contribution in [-0.4, -0.2) is 70.2 Å². The Labute approximate surface area is 219 Å². The van der Waals surface area contributed by atoms with E-state index in [4.69, 9.17) is 10.1 Å². The van der Waals surface area contributed by atoms with Gasteiger partial charge in [-0.25, -0.2) is 4.98 Å². The predicted octanol–water partition coefficient (Wildman–Crippen LogP) is 4.79. The smallest absolute Gasteiger partial charge is 0.239 e. The van der Waals surface area contributed by atoms with Crippen LogP contribution in [0.1, 0.15) is 58.9 Å². The van der Waals surface area contributed by atoms with Crippen LogP contribution in [0.15, 0.2) is 24.3 Å². The molecule has 1 saturated heterocycles. The highest BCUT2D eigenvalue weighted by Crippen LogP contribution is 2.34. The molecule has 196 valence electrons. The number of nitrogens with zero attached hydrogens (tertiary/aromatic N) is 5. The number of nitrogens with one attached hydrogen (secondary N) is 2. The first-order valence-corrected chi connectivity index (χ1v) is 13.9. The summed E-state index contributed by atoms with van der Waals surface area (Å²) in [6, 6.07) is 9.05. The fourth-order valence-electron chi connectivity index (χ4n) is 4.61. The molecule has 1 amide bonds. The Morgan fingerprint density at radius 3 is 2.67 bits per heavy atom. The van der Waals surface area contributed by atoms with Crippen LogP contribution in [0.25, 0.3) is 16.2 Å². The van der Waals surface area contributed by atoms with Crippen LogP contribution in [0, 0.1) is 6.92 Å². The number of imidazole rings is 1. The van der Waals surface area contributed by atoms with E-state index < -0.39 is 0 Å². The van der Waals surface area contributed by atoms with Crippen LogP contribution < -0.4 is 15.5 Å². The molecule has 8 nitrogen and oxygen atoms in total. The number of likely N-dealkylation sites (N-methyl/N-ethyl adjacent to an activating group) is 1. The molecule has 2 N–H and O–H groups in total. The lowest BCUT2D eigenvalue weighted by Gasteiger charge is -2.33. The van der Waals surface area contributed by atoms with Crippen molar-refractivity contribution in [2.45, 2.75) is 71.9 Å². The van der Waals surface area contributed by atoms with Gasteiger partial charge < -0.3 is 20.4 Å². The van der Waals surface area contributed by atoms with Crippen LogP contribution in [0.4, 0.5) is 10.9 Å². The van der Waals surface area contributed by atoms with Crippen molar-refractivity contribution in [1.82, 2.24) is 24.8 Å². The standard InChI is InChI=1S/C27H41N7OS/c1-19-11-13-21(14-12-19)23-24(30-27(3,4)5)34-25(29-23)36-26(31-34)32(6)18-22(35)28-15-9-17-33-16-8-7-10-20(33)2/h11-14,20,30H,7-10,15-18H2,1-6H3,(H,28,35)/t20-/m1/s1. The Hall–Kier alpha value is -2.65. The Kier molecular flexibility index (Phi) is 8.20. The van der Waals surface area contributed by atoms with E-state index in [1.165, 1.54) is 42.7 Å². The fourth-order valence-corrected chi connectivity index (χ4v) is 5.47. The first kappa shape index (κ1) is 26.4. The highest BCUT2D eigenvalue weighted by atomic mass is 32.1. The number of hydrogen-bond acceptors (Lipinski definition) is 7. The summed E-state index contributed by atoms with van der Waals surface area (Å²) in [6.45, 7) is 14.0. The third-order valence-electron chi connectivity index (χ3n) is 6.60. The second kappa shape index (κ2) is 11.2. The lowest BCUT2D eigenvalue weighted by atomic mass is 10.0. The summed E-state index contributed by atoms with van der Waals surface area (Å²) < 4.78 is 1.87. The van der Waals surface area contributed by atoms with Crippen LogP contribution in [-0.2, 0) is 4.79 Å². The van der Waals surface area contributed by atoms with Gasteiger partial charge in [0.1, 0.15) is 5.69 Å². The van der Waals surface area contributed by atoms with Gasteiger partial charge in [0.15, 0.2) is 5.82 Å². The molecule has 0 spiro atoms. The number of fused-ring (bicyclic) bond motifs is 1. The number of rotatable bonds is 9. The summed E-state index contributed by atoms with van der Waals surface area (Å²) in [7, 11) is 1.91. The molecular weight excluding hydrogens is 470 g/mol. The van der Waals surface area contributed by atoms with Crippen molar-refractivity contribution in [2.24, 2.45) is 0 Å². The van der Waals surface area contributed by atoms with Crippen molar-refractivity contribution >= 4 is 33.2 Å². The lowest BCUT2D eigenvalue weighted by molar-refractivity contribution is -0.119. The number of benzene rings is 1. The third-order valence-corrected chi connectivity index (χ3v) is 7.63. The molecular formula is C27H41N7OS. The maximum atomic E-state index is 12.6. The van der Waals surface area contributed by atoms with E-state index >= 15 is 0 Å². The number of anilines is 2. The zero-order chi connectivity index (χ0) is 25.9. The molecule has 0 unspecified atom stereocenters. The molecule has 1 aromatic carbocycles. The highest BCUT2D eigenvalue weighted by molar-refractivity contribution is 7.20. The molecule has 1 aliphatic rings. The molecule has 0 saturated carbocycles. The van der Waals surface area contributed by atoms with Crippen molar-refractivity contribution in [2.75, 3.05) is 43.4 Å². The molecule has 0 radical (unpaired) electrons. The summed E-state index contributed by atoms with van der Waals surface area (Å²) in [5, 5.41) is 12.3. The zero-order valence-electron chi connectivity index (χ0n) is 22.6. The molecule has 1 aliphatic heterocycles. The van der Waals surface area contributed by atoms with Crippen LogP contribution in [0.5, 0.6) is 0 Å². The Bertz CT molecular complexity index is 1160. The van der Waals surface area contributed by atoms with Crippen molar-refractivity contribution in [3.63, 3.8) is 0 Å². The molecule has 1 atom stereocenters. The van der Waals surface area contributed by atoms with E-state index in [2.05, 4.69) is 74.4 Å². The summed E-state index contributed by atoms with van der Waals surface area (Å²) in [6.07, 6.45) is 4.89. The van der Waals surface area contributed by atoms with Gasteiger partial charge in [0.2, 0.25) is 16.0 Å². The van der Waals surface area contributed by atoms with E-state index in [0.717, 1.165) is 40.1 Å². The van der Waals surface area contributed by atoms with E-state index in [1.807, 2.05) is 16.5 Å². The summed E-state index contributed by atoms with van der Waals surface area (Å²) in [5.74, 6) is 0.888. The summed E-state index contributed by atoms with van der Waals surface area (Å²) >= 11 is 1.49. The van der Waals surface area contributed by atoms with Gasteiger partial charge in [0.05, 0.1) is 6.54 Å². The number of aromatic nitrogens is 3. The van der Waals surface area contributed by atoms with Gasteiger partial charge in [-0.3, -0.25) is 4.79 Å². The van der Waals surface area contributed by atoms with Crippen molar-refractivity contribution in [1.29, 1.82) is 0 Å². The van der Waals surface area contributed by atoms with E-state index in [1.54, 1.807) is 0 Å². The van der Waals surface area contributed by atoms with Gasteiger partial charge in [0, 0.05) is 37.3 Å². The highest BCUT2D eigenvalue weighted by Gasteiger charge is 2.23.